The number of nitrogens with zero attached hydrogens (tertiary/aromatic N) is 2. The molecule has 0 bridgehead atoms. The monoisotopic (exact) mass is 336 g/mol. The maximum Gasteiger partial charge on any atom is 0.228 e. The molecule has 0 radical (unpaired) electrons. The van der Waals surface area contributed by atoms with Crippen molar-refractivity contribution in [3.05, 3.63) is 46.7 Å². The predicted octanol–water partition coefficient (Wildman–Crippen LogP) is 2.37. The molecule has 1 unspecified atom stereocenters. The molecule has 1 atom stereocenters. The van der Waals surface area contributed by atoms with Gasteiger partial charge in [0.15, 0.2) is 0 Å². The first kappa shape index (κ1) is 14.7. The summed E-state index contributed by atoms with van der Waals surface area (Å²) in [6.07, 6.45) is 3.79. The molecule has 3 N–H and O–H groups in total. The molecule has 0 spiro atoms. The standard InChI is InChI=1S/C14H17BrN4O/c1-10(16)8-13(20)18-14-17-6-7-19(14)9-11-2-4-12(15)5-3-11/h2-7,10H,8-9,16H2,1H3,(H,17,18,20). The first-order valence-corrected chi connectivity index (χ1v) is 7.15. The van der Waals surface area contributed by atoms with Crippen molar-refractivity contribution in [2.24, 2.45) is 5.73 Å². The molecule has 6 heteroatoms. The van der Waals surface area contributed by atoms with Gasteiger partial charge in [0.05, 0.1) is 6.54 Å². The van der Waals surface area contributed by atoms with Gasteiger partial charge in [0.25, 0.3) is 0 Å². The van der Waals surface area contributed by atoms with Gasteiger partial charge in [-0.25, -0.2) is 4.98 Å². The number of carbonyl (C=O) groups excluding carboxylic acids is 1. The van der Waals surface area contributed by atoms with Crippen LogP contribution in [0.2, 0.25) is 0 Å². The Morgan fingerprint density at radius 1 is 1.45 bits per heavy atom. The maximum absolute atomic E-state index is 11.7. The van der Waals surface area contributed by atoms with Crippen LogP contribution in [0.4, 0.5) is 5.95 Å². The summed E-state index contributed by atoms with van der Waals surface area (Å²) in [7, 11) is 0. The topological polar surface area (TPSA) is 72.9 Å². The van der Waals surface area contributed by atoms with Gasteiger partial charge in [-0.2, -0.15) is 0 Å². The number of anilines is 1. The molecule has 1 aromatic heterocycles. The lowest BCUT2D eigenvalue weighted by Crippen LogP contribution is -2.25. The molecule has 5 nitrogen and oxygen atoms in total. The van der Waals surface area contributed by atoms with E-state index in [4.69, 9.17) is 5.73 Å². The SMILES string of the molecule is CC(N)CC(=O)Nc1nccn1Cc1ccc(Br)cc1. The third-order valence-corrected chi connectivity index (χ3v) is 3.27. The van der Waals surface area contributed by atoms with Crippen molar-refractivity contribution in [2.75, 3.05) is 5.32 Å². The van der Waals surface area contributed by atoms with Crippen LogP contribution >= 0.6 is 15.9 Å². The van der Waals surface area contributed by atoms with Crippen molar-refractivity contribution in [1.82, 2.24) is 9.55 Å². The fourth-order valence-corrected chi connectivity index (χ4v) is 2.08. The first-order chi connectivity index (χ1) is 9.54. The minimum atomic E-state index is -0.162. The molecular formula is C14H17BrN4O. The van der Waals surface area contributed by atoms with Crippen LogP contribution in [-0.2, 0) is 11.3 Å². The van der Waals surface area contributed by atoms with E-state index in [1.165, 1.54) is 0 Å². The fourth-order valence-electron chi connectivity index (χ4n) is 1.82. The Kier molecular flexibility index (Phi) is 4.92. The molecule has 0 saturated carbocycles. The van der Waals surface area contributed by atoms with Gasteiger partial charge in [0.1, 0.15) is 0 Å². The quantitative estimate of drug-likeness (QED) is 0.880. The van der Waals surface area contributed by atoms with Crippen molar-refractivity contribution in [3.63, 3.8) is 0 Å². The van der Waals surface area contributed by atoms with Crippen LogP contribution in [0.5, 0.6) is 0 Å². The summed E-state index contributed by atoms with van der Waals surface area (Å²) in [6.45, 7) is 2.45. The van der Waals surface area contributed by atoms with Gasteiger partial charge >= 0.3 is 0 Å². The first-order valence-electron chi connectivity index (χ1n) is 6.35. The molecule has 0 aliphatic carbocycles. The maximum atomic E-state index is 11.7. The van der Waals surface area contributed by atoms with Crippen molar-refractivity contribution >= 4 is 27.8 Å². The minimum Gasteiger partial charge on any atom is -0.327 e. The Morgan fingerprint density at radius 2 is 2.15 bits per heavy atom. The van der Waals surface area contributed by atoms with Gasteiger partial charge in [0, 0.05) is 29.3 Å². The molecule has 0 saturated heterocycles. The molecule has 0 aliphatic heterocycles. The van der Waals surface area contributed by atoms with E-state index >= 15 is 0 Å². The smallest absolute Gasteiger partial charge is 0.228 e. The Morgan fingerprint density at radius 3 is 2.80 bits per heavy atom. The van der Waals surface area contributed by atoms with Crippen LogP contribution in [0.15, 0.2) is 41.1 Å². The highest BCUT2D eigenvalue weighted by Gasteiger charge is 2.09. The number of rotatable bonds is 5. The number of hydrogen-bond acceptors (Lipinski definition) is 3. The van der Waals surface area contributed by atoms with Crippen LogP contribution in [0.25, 0.3) is 0 Å². The lowest BCUT2D eigenvalue weighted by Gasteiger charge is -2.10. The molecule has 1 amide bonds. The second kappa shape index (κ2) is 6.67. The summed E-state index contributed by atoms with van der Waals surface area (Å²) >= 11 is 3.41. The number of halogens is 1. The summed E-state index contributed by atoms with van der Waals surface area (Å²) in [4.78, 5) is 15.9. The average molecular weight is 337 g/mol. The third-order valence-electron chi connectivity index (χ3n) is 2.74. The summed E-state index contributed by atoms with van der Waals surface area (Å²) < 4.78 is 2.93. The zero-order valence-corrected chi connectivity index (χ0v) is 12.8. The van der Waals surface area contributed by atoms with Crippen LogP contribution < -0.4 is 11.1 Å². The van der Waals surface area contributed by atoms with E-state index in [9.17, 15) is 4.79 Å². The summed E-state index contributed by atoms with van der Waals surface area (Å²) in [5, 5.41) is 2.78. The molecule has 1 aromatic carbocycles. The lowest BCUT2D eigenvalue weighted by molar-refractivity contribution is -0.116. The van der Waals surface area contributed by atoms with Crippen molar-refractivity contribution in [1.29, 1.82) is 0 Å². The number of nitrogens with two attached hydrogens (primary N) is 1. The summed E-state index contributed by atoms with van der Waals surface area (Å²) in [5.41, 5.74) is 6.74. The third kappa shape index (κ3) is 4.18. The van der Waals surface area contributed by atoms with Crippen molar-refractivity contribution in [3.8, 4) is 0 Å². The molecule has 0 aliphatic rings. The molecule has 20 heavy (non-hydrogen) atoms. The van der Waals surface area contributed by atoms with E-state index in [1.807, 2.05) is 35.0 Å². The largest absolute Gasteiger partial charge is 0.327 e. The molecule has 1 heterocycles. The highest BCUT2D eigenvalue weighted by molar-refractivity contribution is 9.10. The van der Waals surface area contributed by atoms with E-state index in [0.29, 0.717) is 12.5 Å². The van der Waals surface area contributed by atoms with E-state index in [-0.39, 0.29) is 18.4 Å². The highest BCUT2D eigenvalue weighted by atomic mass is 79.9. The lowest BCUT2D eigenvalue weighted by atomic mass is 10.2. The van der Waals surface area contributed by atoms with Gasteiger partial charge < -0.3 is 10.3 Å². The molecule has 0 fully saturated rings. The van der Waals surface area contributed by atoms with Gasteiger partial charge in [-0.1, -0.05) is 28.1 Å². The highest BCUT2D eigenvalue weighted by Crippen LogP contribution is 2.14. The molecule has 2 rings (SSSR count). The Labute approximate surface area is 126 Å². The summed E-state index contributed by atoms with van der Waals surface area (Å²) in [5.74, 6) is 0.418. The van der Waals surface area contributed by atoms with E-state index < -0.39 is 0 Å². The van der Waals surface area contributed by atoms with Crippen LogP contribution in [0.3, 0.4) is 0 Å². The van der Waals surface area contributed by atoms with Crippen molar-refractivity contribution < 1.29 is 4.79 Å². The normalized spacial score (nSPS) is 12.2. The molecule has 2 aromatic rings. The number of carbonyl (C=O) groups is 1. The zero-order valence-electron chi connectivity index (χ0n) is 11.2. The van der Waals surface area contributed by atoms with E-state index in [2.05, 4.69) is 26.2 Å². The second-order valence-corrected chi connectivity index (χ2v) is 5.65. The van der Waals surface area contributed by atoms with Crippen LogP contribution in [0.1, 0.15) is 18.9 Å². The Balaban J connectivity index is 2.05. The number of amides is 1. The number of hydrogen-bond donors (Lipinski definition) is 2. The number of imidazole rings is 1. The van der Waals surface area contributed by atoms with Crippen LogP contribution in [-0.4, -0.2) is 21.5 Å². The molecular weight excluding hydrogens is 320 g/mol. The average Bonchev–Trinajstić information content (AvgIpc) is 2.78. The van der Waals surface area contributed by atoms with Crippen molar-refractivity contribution in [2.45, 2.75) is 25.9 Å². The predicted molar refractivity (Wildman–Crippen MR) is 82.4 cm³/mol. The Hall–Kier alpha value is -1.66. The van der Waals surface area contributed by atoms with Gasteiger partial charge in [-0.15, -0.1) is 0 Å². The number of benzene rings is 1. The Bertz CT molecular complexity index is 577. The van der Waals surface area contributed by atoms with E-state index in [1.54, 1.807) is 13.1 Å². The van der Waals surface area contributed by atoms with Gasteiger partial charge in [-0.3, -0.25) is 10.1 Å². The molecule has 106 valence electrons. The number of aromatic nitrogens is 2. The van der Waals surface area contributed by atoms with Gasteiger partial charge in [-0.05, 0) is 24.6 Å². The summed E-state index contributed by atoms with van der Waals surface area (Å²) in [6, 6.07) is 7.86. The number of nitrogens with one attached hydrogen (secondary N) is 1. The zero-order chi connectivity index (χ0) is 14.5. The fraction of sp³-hybridized carbons (Fsp3) is 0.286. The second-order valence-electron chi connectivity index (χ2n) is 4.73. The van der Waals surface area contributed by atoms with Gasteiger partial charge in [0.2, 0.25) is 11.9 Å². The van der Waals surface area contributed by atoms with Crippen LogP contribution in [0, 0.1) is 0 Å². The van der Waals surface area contributed by atoms with E-state index in [0.717, 1.165) is 10.0 Å². The minimum absolute atomic E-state index is 0.122.